The first kappa shape index (κ1) is 25.8. The third-order valence-corrected chi connectivity index (χ3v) is 7.42. The fraction of sp³-hybridized carbons (Fsp3) is 0.259. The van der Waals surface area contributed by atoms with Crippen LogP contribution in [-0.2, 0) is 11.3 Å². The maximum Gasteiger partial charge on any atom is 0.441 e. The van der Waals surface area contributed by atoms with Gasteiger partial charge in [0.1, 0.15) is 12.4 Å². The number of para-hydroxylation sites is 2. The fourth-order valence-electron chi connectivity index (χ4n) is 4.33. The number of nitrogens with one attached hydrogen (secondary N) is 1. The molecule has 2 aromatic carbocycles. The van der Waals surface area contributed by atoms with Gasteiger partial charge in [-0.1, -0.05) is 50.2 Å². The number of halogens is 3. The second kappa shape index (κ2) is 10.1. The molecule has 0 bridgehead atoms. The predicted octanol–water partition coefficient (Wildman–Crippen LogP) is 6.42. The summed E-state index contributed by atoms with van der Waals surface area (Å²) in [5, 5.41) is 12.0. The molecule has 0 spiro atoms. The number of rotatable bonds is 7. The summed E-state index contributed by atoms with van der Waals surface area (Å²) in [6.45, 7) is 5.23. The minimum Gasteiger partial charge on any atom is -0.491 e. The van der Waals surface area contributed by atoms with E-state index in [1.54, 1.807) is 0 Å². The molecular weight excluding hydrogens is 515 g/mol. The summed E-state index contributed by atoms with van der Waals surface area (Å²) < 4.78 is 47.5. The summed E-state index contributed by atoms with van der Waals surface area (Å²) in [5.41, 5.74) is 2.55. The molecule has 0 fully saturated rings. The van der Waals surface area contributed by atoms with Gasteiger partial charge in [0.2, 0.25) is 10.2 Å². The van der Waals surface area contributed by atoms with Gasteiger partial charge in [0.25, 0.3) is 5.91 Å². The van der Waals surface area contributed by atoms with Crippen molar-refractivity contribution in [1.29, 1.82) is 5.41 Å². The lowest BCUT2D eigenvalue weighted by Gasteiger charge is -2.20. The number of aromatic nitrogens is 1. The van der Waals surface area contributed by atoms with E-state index in [4.69, 9.17) is 10.1 Å². The molecule has 1 amide bonds. The number of benzene rings is 2. The standard InChI is InChI=1S/C27H24F3N5O2S/c1-3-16(2)18-8-5-7-11-22(18)37-13-12-34-15-17(19-9-4-6-10-21(19)34)14-20-23(31)35-26(32-24(20)36)38-25(33-35)27(28,29)30/h4-11,14-16,31H,3,12-13H2,1-2H3/b20-14-,31-23?/t16-/m0/s1. The van der Waals surface area contributed by atoms with Crippen LogP contribution >= 0.6 is 11.8 Å². The van der Waals surface area contributed by atoms with Crippen LogP contribution in [0, 0.1) is 5.41 Å². The zero-order valence-electron chi connectivity index (χ0n) is 20.6. The summed E-state index contributed by atoms with van der Waals surface area (Å²) in [5.74, 6) is -0.0190. The number of aliphatic imine (C=N–C) groups is 1. The van der Waals surface area contributed by atoms with Crippen molar-refractivity contribution in [2.24, 2.45) is 10.1 Å². The topological polar surface area (TPSA) is 83.0 Å². The van der Waals surface area contributed by atoms with Crippen LogP contribution in [0.5, 0.6) is 5.75 Å². The average Bonchev–Trinajstić information content (AvgIpc) is 3.48. The van der Waals surface area contributed by atoms with Crippen molar-refractivity contribution in [2.75, 3.05) is 6.61 Å². The lowest BCUT2D eigenvalue weighted by atomic mass is 9.98. The molecule has 38 heavy (non-hydrogen) atoms. The van der Waals surface area contributed by atoms with Gasteiger partial charge in [-0.2, -0.15) is 28.3 Å². The van der Waals surface area contributed by atoms with E-state index in [0.29, 0.717) is 24.6 Å². The summed E-state index contributed by atoms with van der Waals surface area (Å²) in [7, 11) is 0. The van der Waals surface area contributed by atoms with Gasteiger partial charge in [-0.3, -0.25) is 10.2 Å². The van der Waals surface area contributed by atoms with Crippen LogP contribution in [0.15, 0.2) is 70.4 Å². The number of alkyl halides is 3. The molecule has 1 atom stereocenters. The van der Waals surface area contributed by atoms with Gasteiger partial charge in [-0.25, -0.2) is 0 Å². The highest BCUT2D eigenvalue weighted by atomic mass is 32.2. The van der Waals surface area contributed by atoms with Crippen LogP contribution in [0.2, 0.25) is 0 Å². The Morgan fingerprint density at radius 3 is 2.66 bits per heavy atom. The molecule has 0 unspecified atom stereocenters. The van der Waals surface area contributed by atoms with Crippen molar-refractivity contribution >= 4 is 50.7 Å². The molecule has 3 aromatic rings. The fourth-order valence-corrected chi connectivity index (χ4v) is 5.09. The Bertz CT molecular complexity index is 1520. The Kier molecular flexibility index (Phi) is 6.87. The number of thioether (sulfide) groups is 1. The molecule has 3 heterocycles. The Morgan fingerprint density at radius 1 is 1.16 bits per heavy atom. The van der Waals surface area contributed by atoms with Crippen LogP contribution in [0.3, 0.4) is 0 Å². The predicted molar refractivity (Wildman–Crippen MR) is 144 cm³/mol. The van der Waals surface area contributed by atoms with Crippen LogP contribution in [0.25, 0.3) is 17.0 Å². The number of hydrogen-bond acceptors (Lipinski definition) is 5. The first-order valence-electron chi connectivity index (χ1n) is 12.0. The molecule has 0 saturated heterocycles. The largest absolute Gasteiger partial charge is 0.491 e. The molecule has 5 rings (SSSR count). The normalized spacial score (nSPS) is 17.6. The van der Waals surface area contributed by atoms with E-state index < -0.39 is 23.0 Å². The lowest BCUT2D eigenvalue weighted by Crippen LogP contribution is -2.35. The quantitative estimate of drug-likeness (QED) is 0.352. The number of amidine groups is 2. The van der Waals surface area contributed by atoms with Crippen molar-refractivity contribution in [3.05, 3.63) is 71.4 Å². The van der Waals surface area contributed by atoms with Gasteiger partial charge >= 0.3 is 6.18 Å². The molecule has 1 aromatic heterocycles. The second-order valence-corrected chi connectivity index (χ2v) is 9.87. The summed E-state index contributed by atoms with van der Waals surface area (Å²) in [6.07, 6.45) is -0.375. The molecule has 0 aliphatic carbocycles. The van der Waals surface area contributed by atoms with Gasteiger partial charge in [0.15, 0.2) is 5.84 Å². The van der Waals surface area contributed by atoms with Crippen molar-refractivity contribution in [3.63, 3.8) is 0 Å². The van der Waals surface area contributed by atoms with E-state index in [1.807, 2.05) is 53.2 Å². The molecule has 2 aliphatic rings. The van der Waals surface area contributed by atoms with Crippen LogP contribution in [0.1, 0.15) is 37.3 Å². The molecule has 11 heteroatoms. The maximum absolute atomic E-state index is 13.1. The molecular formula is C27H24F3N5O2S. The molecule has 0 radical (unpaired) electrons. The Morgan fingerprint density at radius 2 is 1.89 bits per heavy atom. The zero-order chi connectivity index (χ0) is 27.0. The molecule has 2 aliphatic heterocycles. The van der Waals surface area contributed by atoms with Crippen molar-refractivity contribution in [2.45, 2.75) is 38.9 Å². The minimum atomic E-state index is -4.69. The average molecular weight is 540 g/mol. The second-order valence-electron chi connectivity index (χ2n) is 8.91. The molecule has 196 valence electrons. The summed E-state index contributed by atoms with van der Waals surface area (Å²) >= 11 is 0.229. The van der Waals surface area contributed by atoms with Gasteiger partial charge in [-0.05, 0) is 47.9 Å². The lowest BCUT2D eigenvalue weighted by molar-refractivity contribution is -0.114. The molecule has 7 nitrogen and oxygen atoms in total. The van der Waals surface area contributed by atoms with Crippen molar-refractivity contribution < 1.29 is 22.7 Å². The number of carbonyl (C=O) groups excluding carboxylic acids is 1. The first-order chi connectivity index (χ1) is 18.2. The molecule has 1 N–H and O–H groups in total. The number of hydrogen-bond donors (Lipinski definition) is 1. The van der Waals surface area contributed by atoms with Crippen LogP contribution in [-0.4, -0.2) is 44.3 Å². The Hall–Kier alpha value is -3.86. The highest BCUT2D eigenvalue weighted by molar-refractivity contribution is 8.27. The number of carbonyl (C=O) groups is 1. The minimum absolute atomic E-state index is 0.136. The van der Waals surface area contributed by atoms with Crippen LogP contribution < -0.4 is 4.74 Å². The van der Waals surface area contributed by atoms with Gasteiger partial charge in [0, 0.05) is 22.7 Å². The third kappa shape index (κ3) is 4.85. The van der Waals surface area contributed by atoms with Gasteiger partial charge in [-0.15, -0.1) is 0 Å². The van der Waals surface area contributed by atoms with E-state index >= 15 is 0 Å². The highest BCUT2D eigenvalue weighted by Crippen LogP contribution is 2.36. The highest BCUT2D eigenvalue weighted by Gasteiger charge is 2.46. The number of nitrogens with zero attached hydrogens (tertiary/aromatic N) is 4. The number of hydrazone groups is 1. The van der Waals surface area contributed by atoms with Gasteiger partial charge in [0.05, 0.1) is 12.1 Å². The van der Waals surface area contributed by atoms with E-state index in [2.05, 4.69) is 30.0 Å². The maximum atomic E-state index is 13.1. The SMILES string of the molecule is CC[C@H](C)c1ccccc1OCCn1cc(/C=C2/C(=N)N3N=C(C(F)(F)F)SC3=NC2=O)c2ccccc21. The molecule has 0 saturated carbocycles. The first-order valence-corrected chi connectivity index (χ1v) is 12.9. The van der Waals surface area contributed by atoms with Crippen molar-refractivity contribution in [1.82, 2.24) is 9.58 Å². The van der Waals surface area contributed by atoms with Crippen molar-refractivity contribution in [3.8, 4) is 5.75 Å². The monoisotopic (exact) mass is 539 g/mol. The van der Waals surface area contributed by atoms with E-state index in [0.717, 1.165) is 33.6 Å². The number of fused-ring (bicyclic) bond motifs is 2. The summed E-state index contributed by atoms with van der Waals surface area (Å²) in [4.78, 5) is 16.4. The van der Waals surface area contributed by atoms with Crippen LogP contribution in [0.4, 0.5) is 13.2 Å². The smallest absolute Gasteiger partial charge is 0.441 e. The zero-order valence-corrected chi connectivity index (χ0v) is 21.4. The third-order valence-electron chi connectivity index (χ3n) is 6.47. The van der Waals surface area contributed by atoms with Gasteiger partial charge < -0.3 is 9.30 Å². The van der Waals surface area contributed by atoms with E-state index in [-0.39, 0.29) is 22.5 Å². The van der Waals surface area contributed by atoms with E-state index in [9.17, 15) is 18.0 Å². The number of ether oxygens (including phenoxy) is 1. The van der Waals surface area contributed by atoms with E-state index in [1.165, 1.54) is 6.08 Å². The summed E-state index contributed by atoms with van der Waals surface area (Å²) in [6, 6.07) is 15.6. The number of amides is 1. The Labute approximate surface area is 221 Å². The Balaban J connectivity index is 1.41.